The van der Waals surface area contributed by atoms with Crippen molar-refractivity contribution in [2.24, 2.45) is 0 Å². The second kappa shape index (κ2) is 6.41. The number of rotatable bonds is 6. The van der Waals surface area contributed by atoms with Gasteiger partial charge in [-0.1, -0.05) is 19.9 Å². The molecule has 0 radical (unpaired) electrons. The number of hydrogen-bond acceptors (Lipinski definition) is 2. The van der Waals surface area contributed by atoms with Gasteiger partial charge in [-0.05, 0) is 38.5 Å². The predicted molar refractivity (Wildman–Crippen MR) is 74.1 cm³/mol. The van der Waals surface area contributed by atoms with Gasteiger partial charge in [0.25, 0.3) is 0 Å². The molecule has 3 heteroatoms. The van der Waals surface area contributed by atoms with Gasteiger partial charge < -0.3 is 5.32 Å². The van der Waals surface area contributed by atoms with E-state index in [-0.39, 0.29) is 11.4 Å². The van der Waals surface area contributed by atoms with Gasteiger partial charge in [0.2, 0.25) is 0 Å². The Morgan fingerprint density at radius 1 is 1.41 bits per heavy atom. The maximum atomic E-state index is 13.0. The van der Waals surface area contributed by atoms with Gasteiger partial charge in [0, 0.05) is 22.2 Å². The van der Waals surface area contributed by atoms with E-state index in [0.29, 0.717) is 5.25 Å². The van der Waals surface area contributed by atoms with Crippen molar-refractivity contribution in [3.63, 3.8) is 0 Å². The van der Waals surface area contributed by atoms with E-state index in [2.05, 4.69) is 33.0 Å². The van der Waals surface area contributed by atoms with E-state index < -0.39 is 0 Å². The topological polar surface area (TPSA) is 12.0 Å². The van der Waals surface area contributed by atoms with Crippen LogP contribution in [0.1, 0.15) is 34.1 Å². The van der Waals surface area contributed by atoms with Crippen molar-refractivity contribution < 1.29 is 4.39 Å². The van der Waals surface area contributed by atoms with Crippen LogP contribution in [0.3, 0.4) is 0 Å². The predicted octanol–water partition coefficient (Wildman–Crippen LogP) is 4.08. The fourth-order valence-corrected chi connectivity index (χ4v) is 2.33. The van der Waals surface area contributed by atoms with Crippen molar-refractivity contribution >= 4 is 11.8 Å². The van der Waals surface area contributed by atoms with Crippen LogP contribution in [0, 0.1) is 5.82 Å². The Bertz CT molecular complexity index is 352. The van der Waals surface area contributed by atoms with Crippen LogP contribution in [0.2, 0.25) is 0 Å². The van der Waals surface area contributed by atoms with E-state index in [1.807, 2.05) is 6.07 Å². The molecule has 1 unspecified atom stereocenters. The molecule has 1 aromatic rings. The second-order valence-corrected chi connectivity index (χ2v) is 6.52. The molecular weight excluding hydrogens is 233 g/mol. The first-order valence-corrected chi connectivity index (χ1v) is 6.98. The van der Waals surface area contributed by atoms with E-state index in [9.17, 15) is 4.39 Å². The SMILES string of the molecule is CCC(C)(C)NCC(C)Sc1cccc(F)c1. The third-order valence-corrected chi connectivity index (χ3v) is 3.98. The molecule has 0 heterocycles. The summed E-state index contributed by atoms with van der Waals surface area (Å²) in [5.41, 5.74) is 0.177. The molecule has 0 aliphatic carbocycles. The van der Waals surface area contributed by atoms with Gasteiger partial charge in [-0.15, -0.1) is 11.8 Å². The van der Waals surface area contributed by atoms with Gasteiger partial charge in [-0.3, -0.25) is 0 Å². The van der Waals surface area contributed by atoms with Crippen molar-refractivity contribution in [2.75, 3.05) is 6.54 Å². The number of benzene rings is 1. The quantitative estimate of drug-likeness (QED) is 0.769. The summed E-state index contributed by atoms with van der Waals surface area (Å²) >= 11 is 1.71. The summed E-state index contributed by atoms with van der Waals surface area (Å²) < 4.78 is 13.0. The summed E-state index contributed by atoms with van der Waals surface area (Å²) in [6.07, 6.45) is 1.10. The molecule has 0 fully saturated rings. The fourth-order valence-electron chi connectivity index (χ4n) is 1.36. The van der Waals surface area contributed by atoms with Crippen LogP contribution >= 0.6 is 11.8 Å². The van der Waals surface area contributed by atoms with Gasteiger partial charge in [-0.2, -0.15) is 0 Å². The van der Waals surface area contributed by atoms with Crippen molar-refractivity contribution in [3.8, 4) is 0 Å². The maximum absolute atomic E-state index is 13.0. The molecule has 1 atom stereocenters. The maximum Gasteiger partial charge on any atom is 0.124 e. The molecule has 1 aromatic carbocycles. The second-order valence-electron chi connectivity index (χ2n) is 5.00. The molecule has 0 spiro atoms. The van der Waals surface area contributed by atoms with Gasteiger partial charge in [0.05, 0.1) is 0 Å². The normalized spacial score (nSPS) is 13.7. The van der Waals surface area contributed by atoms with Crippen LogP contribution < -0.4 is 5.32 Å². The van der Waals surface area contributed by atoms with Crippen molar-refractivity contribution in [1.29, 1.82) is 0 Å². The first-order chi connectivity index (χ1) is 7.93. The van der Waals surface area contributed by atoms with Crippen LogP contribution in [-0.2, 0) is 0 Å². The third-order valence-electron chi connectivity index (χ3n) is 2.89. The summed E-state index contributed by atoms with van der Waals surface area (Å²) in [6, 6.07) is 6.78. The molecule has 1 rings (SSSR count). The van der Waals surface area contributed by atoms with E-state index in [4.69, 9.17) is 0 Å². The van der Waals surface area contributed by atoms with Crippen LogP contribution in [0.15, 0.2) is 29.2 Å². The van der Waals surface area contributed by atoms with Crippen molar-refractivity contribution in [3.05, 3.63) is 30.1 Å². The molecule has 1 N–H and O–H groups in total. The smallest absolute Gasteiger partial charge is 0.124 e. The standard InChI is InChI=1S/C14H22FNS/c1-5-14(3,4)16-10-11(2)17-13-8-6-7-12(15)9-13/h6-9,11,16H,5,10H2,1-4H3. The third kappa shape index (κ3) is 5.55. The zero-order valence-electron chi connectivity index (χ0n) is 11.1. The Kier molecular flexibility index (Phi) is 5.47. The first kappa shape index (κ1) is 14.5. The van der Waals surface area contributed by atoms with Crippen LogP contribution in [0.4, 0.5) is 4.39 Å². The summed E-state index contributed by atoms with van der Waals surface area (Å²) in [7, 11) is 0. The highest BCUT2D eigenvalue weighted by Gasteiger charge is 2.15. The summed E-state index contributed by atoms with van der Waals surface area (Å²) in [5, 5.41) is 3.96. The highest BCUT2D eigenvalue weighted by Crippen LogP contribution is 2.23. The molecule has 0 aromatic heterocycles. The minimum Gasteiger partial charge on any atom is -0.311 e. The fraction of sp³-hybridized carbons (Fsp3) is 0.571. The van der Waals surface area contributed by atoms with Crippen LogP contribution in [0.25, 0.3) is 0 Å². The zero-order valence-corrected chi connectivity index (χ0v) is 11.9. The molecule has 0 amide bonds. The molecule has 0 bridgehead atoms. The van der Waals surface area contributed by atoms with Crippen molar-refractivity contribution in [1.82, 2.24) is 5.32 Å². The first-order valence-electron chi connectivity index (χ1n) is 6.10. The van der Waals surface area contributed by atoms with Gasteiger partial charge in [0.1, 0.15) is 5.82 Å². The highest BCUT2D eigenvalue weighted by atomic mass is 32.2. The summed E-state index contributed by atoms with van der Waals surface area (Å²) in [6.45, 7) is 9.67. The Morgan fingerprint density at radius 3 is 2.71 bits per heavy atom. The number of thioether (sulfide) groups is 1. The average molecular weight is 255 g/mol. The van der Waals surface area contributed by atoms with Crippen molar-refractivity contribution in [2.45, 2.75) is 49.8 Å². The minimum absolute atomic E-state index is 0.163. The van der Waals surface area contributed by atoms with E-state index >= 15 is 0 Å². The van der Waals surface area contributed by atoms with E-state index in [1.54, 1.807) is 23.9 Å². The summed E-state index contributed by atoms with van der Waals surface area (Å²) in [4.78, 5) is 0.994. The molecule has 96 valence electrons. The molecule has 0 saturated carbocycles. The van der Waals surface area contributed by atoms with Crippen LogP contribution in [-0.4, -0.2) is 17.3 Å². The Hall–Kier alpha value is -0.540. The lowest BCUT2D eigenvalue weighted by molar-refractivity contribution is 0.379. The van der Waals surface area contributed by atoms with Gasteiger partial charge >= 0.3 is 0 Å². The monoisotopic (exact) mass is 255 g/mol. The number of halogens is 1. The lowest BCUT2D eigenvalue weighted by atomic mass is 10.0. The Morgan fingerprint density at radius 2 is 2.12 bits per heavy atom. The average Bonchev–Trinajstić information content (AvgIpc) is 2.27. The molecule has 1 nitrogen and oxygen atoms in total. The lowest BCUT2D eigenvalue weighted by Gasteiger charge is -2.26. The van der Waals surface area contributed by atoms with E-state index in [1.165, 1.54) is 6.07 Å². The van der Waals surface area contributed by atoms with Gasteiger partial charge in [0.15, 0.2) is 0 Å². The van der Waals surface area contributed by atoms with E-state index in [0.717, 1.165) is 17.9 Å². The molecule has 0 aliphatic rings. The molecular formula is C14H22FNS. The minimum atomic E-state index is -0.163. The highest BCUT2D eigenvalue weighted by molar-refractivity contribution is 8.00. The molecule has 17 heavy (non-hydrogen) atoms. The largest absolute Gasteiger partial charge is 0.311 e. The zero-order chi connectivity index (χ0) is 12.9. The Balaban J connectivity index is 2.42. The number of nitrogens with one attached hydrogen (secondary N) is 1. The Labute approximate surface area is 108 Å². The lowest BCUT2D eigenvalue weighted by Crippen LogP contribution is -2.41. The van der Waals surface area contributed by atoms with Gasteiger partial charge in [-0.25, -0.2) is 4.39 Å². The van der Waals surface area contributed by atoms with Crippen LogP contribution in [0.5, 0.6) is 0 Å². The molecule has 0 aliphatic heterocycles. The molecule has 0 saturated heterocycles. The summed E-state index contributed by atoms with van der Waals surface area (Å²) in [5.74, 6) is -0.163. The number of hydrogen-bond donors (Lipinski definition) is 1.